The van der Waals surface area contributed by atoms with E-state index in [2.05, 4.69) is 0 Å². The predicted octanol–water partition coefficient (Wildman–Crippen LogP) is 2.82. The number of imide groups is 1. The summed E-state index contributed by atoms with van der Waals surface area (Å²) in [4.78, 5) is 29.6. The minimum absolute atomic E-state index is 0.105. The van der Waals surface area contributed by atoms with Crippen LogP contribution in [0.5, 0.6) is 0 Å². The Balaban J connectivity index is 2.20. The van der Waals surface area contributed by atoms with Crippen molar-refractivity contribution in [3.63, 3.8) is 0 Å². The summed E-state index contributed by atoms with van der Waals surface area (Å²) in [6, 6.07) is 13.2. The van der Waals surface area contributed by atoms with Gasteiger partial charge in [0.15, 0.2) is 0 Å². The Morgan fingerprint density at radius 1 is 0.963 bits per heavy atom. The average Bonchev–Trinajstić information content (AvgIpc) is 2.86. The fourth-order valence-electron chi connectivity index (χ4n) is 3.50. The molecule has 0 saturated heterocycles. The van der Waals surface area contributed by atoms with Crippen LogP contribution in [0.25, 0.3) is 5.57 Å². The minimum atomic E-state index is -0.361. The lowest BCUT2D eigenvalue weighted by Gasteiger charge is -2.21. The number of carbonyl (C=O) groups is 2. The third-order valence-electron chi connectivity index (χ3n) is 4.88. The molecule has 27 heavy (non-hydrogen) atoms. The molecule has 5 heteroatoms. The third kappa shape index (κ3) is 3.26. The molecule has 0 spiro atoms. The molecule has 0 atom stereocenters. The SMILES string of the molecule is Cc1ccc(C2=C(N(C)CCO)C(=O)N(c3ccccc3C)C2=O)c(C)c1. The Labute approximate surface area is 159 Å². The zero-order valence-corrected chi connectivity index (χ0v) is 16.1. The number of likely N-dealkylation sites (N-methyl/N-ethyl adjacent to an activating group) is 1. The van der Waals surface area contributed by atoms with Crippen LogP contribution in [-0.4, -0.2) is 42.0 Å². The van der Waals surface area contributed by atoms with E-state index >= 15 is 0 Å². The summed E-state index contributed by atoms with van der Waals surface area (Å²) in [5.41, 5.74) is 4.92. The molecule has 0 aliphatic carbocycles. The first-order valence-corrected chi connectivity index (χ1v) is 8.95. The first-order chi connectivity index (χ1) is 12.9. The molecule has 0 aromatic heterocycles. The molecule has 0 saturated carbocycles. The second-order valence-corrected chi connectivity index (χ2v) is 6.92. The minimum Gasteiger partial charge on any atom is -0.395 e. The highest BCUT2D eigenvalue weighted by Gasteiger charge is 2.42. The lowest BCUT2D eigenvalue weighted by molar-refractivity contribution is -0.120. The van der Waals surface area contributed by atoms with Gasteiger partial charge in [-0.1, -0.05) is 42.0 Å². The maximum Gasteiger partial charge on any atom is 0.282 e. The van der Waals surface area contributed by atoms with Gasteiger partial charge in [-0.3, -0.25) is 9.59 Å². The van der Waals surface area contributed by atoms with Crippen molar-refractivity contribution >= 4 is 23.1 Å². The van der Waals surface area contributed by atoms with Gasteiger partial charge in [-0.15, -0.1) is 0 Å². The zero-order chi connectivity index (χ0) is 19.7. The predicted molar refractivity (Wildman–Crippen MR) is 106 cm³/mol. The van der Waals surface area contributed by atoms with Gasteiger partial charge in [-0.25, -0.2) is 4.90 Å². The number of para-hydroxylation sites is 1. The van der Waals surface area contributed by atoms with Crippen molar-refractivity contribution in [2.24, 2.45) is 0 Å². The van der Waals surface area contributed by atoms with E-state index in [9.17, 15) is 14.7 Å². The van der Waals surface area contributed by atoms with Gasteiger partial charge in [-0.05, 0) is 43.5 Å². The standard InChI is InChI=1S/C22H24N2O3/c1-14-9-10-17(16(3)13-14)19-20(23(4)11-12-25)22(27)24(21(19)26)18-8-6-5-7-15(18)2/h5-10,13,25H,11-12H2,1-4H3. The second kappa shape index (κ2) is 7.37. The highest BCUT2D eigenvalue weighted by atomic mass is 16.3. The van der Waals surface area contributed by atoms with Crippen LogP contribution in [0.1, 0.15) is 22.3 Å². The first kappa shape index (κ1) is 18.9. The number of hydrogen-bond acceptors (Lipinski definition) is 4. The van der Waals surface area contributed by atoms with Crippen molar-refractivity contribution in [2.45, 2.75) is 20.8 Å². The van der Waals surface area contributed by atoms with E-state index in [0.717, 1.165) is 22.3 Å². The molecule has 5 nitrogen and oxygen atoms in total. The maximum absolute atomic E-state index is 13.4. The van der Waals surface area contributed by atoms with Crippen LogP contribution < -0.4 is 4.90 Å². The normalized spacial score (nSPS) is 14.3. The lowest BCUT2D eigenvalue weighted by atomic mass is 9.97. The van der Waals surface area contributed by atoms with Gasteiger partial charge >= 0.3 is 0 Å². The van der Waals surface area contributed by atoms with E-state index in [4.69, 9.17) is 0 Å². The van der Waals surface area contributed by atoms with E-state index in [1.807, 2.05) is 57.2 Å². The topological polar surface area (TPSA) is 60.9 Å². The fraction of sp³-hybridized carbons (Fsp3) is 0.273. The van der Waals surface area contributed by atoms with Gasteiger partial charge in [0.1, 0.15) is 5.70 Å². The van der Waals surface area contributed by atoms with E-state index in [1.54, 1.807) is 18.0 Å². The van der Waals surface area contributed by atoms with Gasteiger partial charge in [0.2, 0.25) is 0 Å². The van der Waals surface area contributed by atoms with Crippen molar-refractivity contribution in [1.82, 2.24) is 4.90 Å². The number of rotatable bonds is 5. The number of carbonyl (C=O) groups excluding carboxylic acids is 2. The summed E-state index contributed by atoms with van der Waals surface area (Å²) in [5.74, 6) is -0.693. The Kier molecular flexibility index (Phi) is 5.15. The highest BCUT2D eigenvalue weighted by molar-refractivity contribution is 6.45. The van der Waals surface area contributed by atoms with Crippen molar-refractivity contribution < 1.29 is 14.7 Å². The molecular formula is C22H24N2O3. The summed E-state index contributed by atoms with van der Waals surface area (Å²) in [6.45, 7) is 5.97. The van der Waals surface area contributed by atoms with Crippen LogP contribution in [0.4, 0.5) is 5.69 Å². The maximum atomic E-state index is 13.4. The van der Waals surface area contributed by atoms with Crippen LogP contribution in [0.3, 0.4) is 0 Å². The summed E-state index contributed by atoms with van der Waals surface area (Å²) in [7, 11) is 1.72. The summed E-state index contributed by atoms with van der Waals surface area (Å²) in [6.07, 6.45) is 0. The molecule has 2 aromatic carbocycles. The van der Waals surface area contributed by atoms with E-state index < -0.39 is 0 Å². The smallest absolute Gasteiger partial charge is 0.282 e. The molecule has 0 fully saturated rings. The van der Waals surface area contributed by atoms with Gasteiger partial charge < -0.3 is 10.0 Å². The van der Waals surface area contributed by atoms with Crippen LogP contribution >= 0.6 is 0 Å². The molecule has 0 bridgehead atoms. The number of anilines is 1. The molecule has 140 valence electrons. The van der Waals surface area contributed by atoms with E-state index in [1.165, 1.54) is 4.90 Å². The molecular weight excluding hydrogens is 340 g/mol. The molecule has 1 aliphatic heterocycles. The molecule has 2 aromatic rings. The number of aryl methyl sites for hydroxylation is 3. The van der Waals surface area contributed by atoms with E-state index in [0.29, 0.717) is 17.0 Å². The zero-order valence-electron chi connectivity index (χ0n) is 16.1. The summed E-state index contributed by atoms with van der Waals surface area (Å²) < 4.78 is 0. The Bertz CT molecular complexity index is 946. The third-order valence-corrected chi connectivity index (χ3v) is 4.88. The van der Waals surface area contributed by atoms with E-state index in [-0.39, 0.29) is 25.0 Å². The molecule has 0 radical (unpaired) electrons. The first-order valence-electron chi connectivity index (χ1n) is 8.95. The van der Waals surface area contributed by atoms with Crippen molar-refractivity contribution in [1.29, 1.82) is 0 Å². The monoisotopic (exact) mass is 364 g/mol. The van der Waals surface area contributed by atoms with Crippen molar-refractivity contribution in [2.75, 3.05) is 25.1 Å². The molecule has 3 rings (SSSR count). The Morgan fingerprint density at radius 2 is 1.67 bits per heavy atom. The molecule has 1 N–H and O–H groups in total. The lowest BCUT2D eigenvalue weighted by Crippen LogP contribution is -2.35. The fourth-order valence-corrected chi connectivity index (χ4v) is 3.50. The quantitative estimate of drug-likeness (QED) is 0.829. The molecule has 1 heterocycles. The number of nitrogens with zero attached hydrogens (tertiary/aromatic N) is 2. The Morgan fingerprint density at radius 3 is 2.30 bits per heavy atom. The van der Waals surface area contributed by atoms with Gasteiger partial charge in [-0.2, -0.15) is 0 Å². The van der Waals surface area contributed by atoms with Crippen LogP contribution in [-0.2, 0) is 9.59 Å². The second-order valence-electron chi connectivity index (χ2n) is 6.92. The van der Waals surface area contributed by atoms with Gasteiger partial charge in [0, 0.05) is 13.6 Å². The number of hydrogen-bond donors (Lipinski definition) is 1. The van der Waals surface area contributed by atoms with Gasteiger partial charge in [0.25, 0.3) is 11.8 Å². The molecule has 0 unspecified atom stereocenters. The van der Waals surface area contributed by atoms with Crippen LogP contribution in [0, 0.1) is 20.8 Å². The summed E-state index contributed by atoms with van der Waals surface area (Å²) >= 11 is 0. The summed E-state index contributed by atoms with van der Waals surface area (Å²) in [5, 5.41) is 9.35. The molecule has 2 amide bonds. The largest absolute Gasteiger partial charge is 0.395 e. The van der Waals surface area contributed by atoms with Crippen LogP contribution in [0.2, 0.25) is 0 Å². The number of aliphatic hydroxyl groups excluding tert-OH is 1. The number of aliphatic hydroxyl groups is 1. The van der Waals surface area contributed by atoms with Gasteiger partial charge in [0.05, 0.1) is 17.9 Å². The molecule has 1 aliphatic rings. The average molecular weight is 364 g/mol. The number of amides is 2. The Hall–Kier alpha value is -2.92. The van der Waals surface area contributed by atoms with Crippen molar-refractivity contribution in [3.8, 4) is 0 Å². The number of benzene rings is 2. The van der Waals surface area contributed by atoms with Crippen molar-refractivity contribution in [3.05, 3.63) is 70.4 Å². The van der Waals surface area contributed by atoms with Crippen LogP contribution in [0.15, 0.2) is 48.2 Å². The highest BCUT2D eigenvalue weighted by Crippen LogP contribution is 2.36.